The van der Waals surface area contributed by atoms with Gasteiger partial charge in [-0.1, -0.05) is 6.08 Å². The van der Waals surface area contributed by atoms with Gasteiger partial charge in [0.05, 0.1) is 13.2 Å². The van der Waals surface area contributed by atoms with Gasteiger partial charge < -0.3 is 9.84 Å². The molecule has 1 atom stereocenters. The van der Waals surface area contributed by atoms with Crippen LogP contribution in [0, 0.1) is 0 Å². The third-order valence-corrected chi connectivity index (χ3v) is 1.52. The van der Waals surface area contributed by atoms with Crippen molar-refractivity contribution in [2.75, 3.05) is 13.2 Å². The summed E-state index contributed by atoms with van der Waals surface area (Å²) in [5, 5.41) is 8.67. The van der Waals surface area contributed by atoms with Crippen molar-refractivity contribution in [3.05, 3.63) is 12.2 Å². The van der Waals surface area contributed by atoms with Gasteiger partial charge in [0, 0.05) is 0 Å². The Hall–Kier alpha value is -0.670. The van der Waals surface area contributed by atoms with Crippen LogP contribution in [0.4, 0.5) is 0 Å². The van der Waals surface area contributed by atoms with Crippen LogP contribution >= 0.6 is 0 Å². The van der Waals surface area contributed by atoms with E-state index in [9.17, 15) is 4.79 Å². The van der Waals surface area contributed by atoms with Crippen molar-refractivity contribution < 1.29 is 14.6 Å². The highest BCUT2D eigenvalue weighted by molar-refractivity contribution is 5.99. The van der Waals surface area contributed by atoms with Crippen LogP contribution in [-0.2, 0) is 9.53 Å². The minimum Gasteiger partial charge on any atom is -0.393 e. The molecule has 0 unspecified atom stereocenters. The zero-order valence-corrected chi connectivity index (χ0v) is 5.83. The van der Waals surface area contributed by atoms with Gasteiger partial charge in [0.1, 0.15) is 0 Å². The maximum atomic E-state index is 11.0. The van der Waals surface area contributed by atoms with E-state index in [0.29, 0.717) is 6.61 Å². The molecule has 0 aromatic carbocycles. The average molecular weight is 142 g/mol. The maximum absolute atomic E-state index is 11.0. The van der Waals surface area contributed by atoms with Crippen molar-refractivity contribution >= 4 is 5.78 Å². The molecule has 3 nitrogen and oxygen atoms in total. The first-order valence-electron chi connectivity index (χ1n) is 3.17. The molecule has 1 aliphatic rings. The predicted molar refractivity (Wildman–Crippen MR) is 35.6 cm³/mol. The predicted octanol–water partition coefficient (Wildman–Crippen LogP) is -0.107. The van der Waals surface area contributed by atoms with Crippen molar-refractivity contribution in [2.24, 2.45) is 0 Å². The van der Waals surface area contributed by atoms with E-state index in [4.69, 9.17) is 9.84 Å². The summed E-state index contributed by atoms with van der Waals surface area (Å²) in [5.74, 6) is -0.141. The number of ketones is 1. The first-order valence-corrected chi connectivity index (χ1v) is 3.17. The second-order valence-corrected chi connectivity index (χ2v) is 2.31. The van der Waals surface area contributed by atoms with E-state index in [2.05, 4.69) is 0 Å². The van der Waals surface area contributed by atoms with E-state index in [0.717, 1.165) is 0 Å². The summed E-state index contributed by atoms with van der Waals surface area (Å²) in [4.78, 5) is 11.0. The number of carbonyl (C=O) groups is 1. The lowest BCUT2D eigenvalue weighted by Gasteiger charge is -2.00. The topological polar surface area (TPSA) is 49.8 Å². The second-order valence-electron chi connectivity index (χ2n) is 2.31. The molecule has 3 heteroatoms. The van der Waals surface area contributed by atoms with Crippen LogP contribution in [0.5, 0.6) is 0 Å². The summed E-state index contributed by atoms with van der Waals surface area (Å²) in [7, 11) is 0. The average Bonchev–Trinajstić information content (AvgIpc) is 2.68. The van der Waals surface area contributed by atoms with Gasteiger partial charge in [-0.3, -0.25) is 4.79 Å². The Labute approximate surface area is 59.3 Å². The fourth-order valence-electron chi connectivity index (χ4n) is 0.702. The summed E-state index contributed by atoms with van der Waals surface area (Å²) < 4.78 is 4.81. The van der Waals surface area contributed by atoms with E-state index in [1.54, 1.807) is 13.0 Å². The highest BCUT2D eigenvalue weighted by atomic mass is 16.6. The number of rotatable bonds is 3. The number of hydrogen-bond donors (Lipinski definition) is 1. The molecule has 0 saturated carbocycles. The van der Waals surface area contributed by atoms with E-state index in [1.807, 2.05) is 0 Å². The number of carbonyl (C=O) groups excluding carboxylic acids is 1. The monoisotopic (exact) mass is 142 g/mol. The van der Waals surface area contributed by atoms with Gasteiger partial charge >= 0.3 is 0 Å². The van der Waals surface area contributed by atoms with Crippen molar-refractivity contribution in [1.82, 2.24) is 0 Å². The van der Waals surface area contributed by atoms with Crippen molar-refractivity contribution in [3.8, 4) is 0 Å². The first kappa shape index (κ1) is 7.44. The fourth-order valence-corrected chi connectivity index (χ4v) is 0.702. The molecule has 0 amide bonds. The third-order valence-electron chi connectivity index (χ3n) is 1.52. The Balaban J connectivity index is 2.56. The smallest absolute Gasteiger partial charge is 0.191 e. The van der Waals surface area contributed by atoms with Gasteiger partial charge in [0.2, 0.25) is 0 Å². The highest BCUT2D eigenvalue weighted by Gasteiger charge is 2.50. The second kappa shape index (κ2) is 2.52. The van der Waals surface area contributed by atoms with Gasteiger partial charge in [0.25, 0.3) is 0 Å². The fraction of sp³-hybridized carbons (Fsp3) is 0.571. The van der Waals surface area contributed by atoms with Crippen LogP contribution in [0.3, 0.4) is 0 Å². The quantitative estimate of drug-likeness (QED) is 0.442. The molecule has 1 saturated heterocycles. The van der Waals surface area contributed by atoms with E-state index in [-0.39, 0.29) is 12.4 Å². The molecule has 0 aromatic heterocycles. The SMILES string of the molecule is C/C=C/C(=O)[C@@]1(CO)CO1. The molecular formula is C7H10O3. The molecule has 1 fully saturated rings. The standard InChI is InChI=1S/C7H10O3/c1-2-3-6(9)7(4-8)5-10-7/h2-3,8H,4-5H2,1H3/b3-2+/t7-/m1/s1. The van der Waals surface area contributed by atoms with Crippen LogP contribution in [0.15, 0.2) is 12.2 Å². The zero-order chi connectivity index (χ0) is 7.61. The summed E-state index contributed by atoms with van der Waals surface area (Å²) in [5.41, 5.74) is -0.869. The molecule has 1 N–H and O–H groups in total. The van der Waals surface area contributed by atoms with Gasteiger partial charge in [-0.2, -0.15) is 0 Å². The summed E-state index contributed by atoms with van der Waals surface area (Å²) in [6, 6.07) is 0. The molecule has 10 heavy (non-hydrogen) atoms. The molecule has 1 rings (SSSR count). The number of hydrogen-bond acceptors (Lipinski definition) is 3. The number of aliphatic hydroxyl groups excluding tert-OH is 1. The number of allylic oxidation sites excluding steroid dienone is 1. The summed E-state index contributed by atoms with van der Waals surface area (Å²) in [6.07, 6.45) is 3.06. The summed E-state index contributed by atoms with van der Waals surface area (Å²) >= 11 is 0. The van der Waals surface area contributed by atoms with Crippen LogP contribution in [-0.4, -0.2) is 29.7 Å². The number of aliphatic hydroxyl groups is 1. The van der Waals surface area contributed by atoms with Crippen molar-refractivity contribution in [2.45, 2.75) is 12.5 Å². The normalized spacial score (nSPS) is 31.0. The lowest BCUT2D eigenvalue weighted by Crippen LogP contribution is -2.26. The molecule has 0 radical (unpaired) electrons. The molecule has 1 aliphatic heterocycles. The van der Waals surface area contributed by atoms with E-state index >= 15 is 0 Å². The Kier molecular flexibility index (Phi) is 1.87. The summed E-state index contributed by atoms with van der Waals surface area (Å²) in [6.45, 7) is 1.90. The van der Waals surface area contributed by atoms with Crippen LogP contribution in [0.2, 0.25) is 0 Å². The lowest BCUT2D eigenvalue weighted by molar-refractivity contribution is -0.120. The Morgan fingerprint density at radius 1 is 1.90 bits per heavy atom. The highest BCUT2D eigenvalue weighted by Crippen LogP contribution is 2.27. The molecular weight excluding hydrogens is 132 g/mol. The number of epoxide rings is 1. The Morgan fingerprint density at radius 2 is 2.50 bits per heavy atom. The molecule has 0 aromatic rings. The molecule has 1 heterocycles. The van der Waals surface area contributed by atoms with Gasteiger partial charge in [-0.25, -0.2) is 0 Å². The van der Waals surface area contributed by atoms with Crippen LogP contribution in [0.1, 0.15) is 6.92 Å². The molecule has 0 aliphatic carbocycles. The third kappa shape index (κ3) is 1.10. The minimum atomic E-state index is -0.869. The molecule has 56 valence electrons. The minimum absolute atomic E-state index is 0.141. The molecule has 0 bridgehead atoms. The van der Waals surface area contributed by atoms with Gasteiger partial charge in [-0.05, 0) is 13.0 Å². The van der Waals surface area contributed by atoms with Gasteiger partial charge in [-0.15, -0.1) is 0 Å². The van der Waals surface area contributed by atoms with E-state index in [1.165, 1.54) is 6.08 Å². The maximum Gasteiger partial charge on any atom is 0.191 e. The first-order chi connectivity index (χ1) is 4.75. The van der Waals surface area contributed by atoms with Crippen LogP contribution < -0.4 is 0 Å². The van der Waals surface area contributed by atoms with Crippen LogP contribution in [0.25, 0.3) is 0 Å². The Bertz CT molecular complexity index is 168. The Morgan fingerprint density at radius 3 is 2.80 bits per heavy atom. The van der Waals surface area contributed by atoms with E-state index < -0.39 is 5.60 Å². The van der Waals surface area contributed by atoms with Crippen molar-refractivity contribution in [3.63, 3.8) is 0 Å². The number of ether oxygens (including phenoxy) is 1. The largest absolute Gasteiger partial charge is 0.393 e. The molecule has 0 spiro atoms. The van der Waals surface area contributed by atoms with Crippen molar-refractivity contribution in [1.29, 1.82) is 0 Å². The van der Waals surface area contributed by atoms with Gasteiger partial charge in [0.15, 0.2) is 11.4 Å². The lowest BCUT2D eigenvalue weighted by atomic mass is 10.1. The zero-order valence-electron chi connectivity index (χ0n) is 5.83.